The summed E-state index contributed by atoms with van der Waals surface area (Å²) in [5.41, 5.74) is 10.9. The predicted octanol–water partition coefficient (Wildman–Crippen LogP) is -0.383. The number of aromatic nitrogens is 3. The van der Waals surface area contributed by atoms with Gasteiger partial charge in [0.2, 0.25) is 5.91 Å². The van der Waals surface area contributed by atoms with Crippen molar-refractivity contribution in [1.82, 2.24) is 20.5 Å². The van der Waals surface area contributed by atoms with Crippen molar-refractivity contribution in [2.45, 2.75) is 0 Å². The van der Waals surface area contributed by atoms with Crippen LogP contribution in [-0.4, -0.2) is 39.4 Å². The van der Waals surface area contributed by atoms with Crippen molar-refractivity contribution in [2.75, 3.05) is 17.6 Å². The molecule has 0 aliphatic rings. The molecule has 0 radical (unpaired) electrons. The number of primary amides is 1. The fourth-order valence-electron chi connectivity index (χ4n) is 1.58. The number of aromatic amines is 1. The molecule has 2 heterocycles. The molecule has 120 valence electrons. The SMILES string of the molecule is NC(=O)CNC(=O)c1[nH]ncc1NC(=O)c1cnc(N)c(Br)c1. The summed E-state index contributed by atoms with van der Waals surface area (Å²) in [6, 6.07) is 1.49. The molecular formula is C12H12BrN7O3. The third-order valence-electron chi connectivity index (χ3n) is 2.67. The molecule has 10 nitrogen and oxygen atoms in total. The van der Waals surface area contributed by atoms with Crippen molar-refractivity contribution >= 4 is 45.2 Å². The lowest BCUT2D eigenvalue weighted by molar-refractivity contribution is -0.117. The number of H-pyrrole nitrogens is 1. The van der Waals surface area contributed by atoms with Crippen LogP contribution in [0.25, 0.3) is 0 Å². The zero-order valence-corrected chi connectivity index (χ0v) is 13.2. The molecule has 11 heteroatoms. The average molecular weight is 382 g/mol. The van der Waals surface area contributed by atoms with Gasteiger partial charge in [-0.25, -0.2) is 4.98 Å². The number of carbonyl (C=O) groups excluding carboxylic acids is 3. The lowest BCUT2D eigenvalue weighted by Crippen LogP contribution is -2.34. The van der Waals surface area contributed by atoms with E-state index in [0.717, 1.165) is 0 Å². The van der Waals surface area contributed by atoms with Gasteiger partial charge in [0, 0.05) is 6.20 Å². The number of carbonyl (C=O) groups is 3. The number of pyridine rings is 1. The van der Waals surface area contributed by atoms with Crippen molar-refractivity contribution < 1.29 is 14.4 Å². The molecule has 0 aliphatic carbocycles. The Hall–Kier alpha value is -2.95. The van der Waals surface area contributed by atoms with Gasteiger partial charge in [-0.3, -0.25) is 19.5 Å². The van der Waals surface area contributed by atoms with Crippen LogP contribution in [0.1, 0.15) is 20.8 Å². The van der Waals surface area contributed by atoms with E-state index in [1.165, 1.54) is 18.5 Å². The van der Waals surface area contributed by atoms with Crippen LogP contribution in [0.4, 0.5) is 11.5 Å². The molecule has 0 fully saturated rings. The van der Waals surface area contributed by atoms with Gasteiger partial charge in [0.1, 0.15) is 11.5 Å². The standard InChI is InChI=1S/C12H12BrN7O3/c13-6-1-5(2-16-10(6)15)11(22)19-7-3-18-20-9(7)12(23)17-4-8(14)21/h1-3H,4H2,(H2,14,21)(H2,15,16)(H,17,23)(H,18,20)(H,19,22). The molecule has 0 bridgehead atoms. The Morgan fingerprint density at radius 3 is 2.65 bits per heavy atom. The molecule has 0 aromatic carbocycles. The lowest BCUT2D eigenvalue weighted by atomic mass is 10.2. The van der Waals surface area contributed by atoms with Crippen LogP contribution >= 0.6 is 15.9 Å². The number of anilines is 2. The number of amides is 3. The van der Waals surface area contributed by atoms with Crippen LogP contribution in [0.2, 0.25) is 0 Å². The largest absolute Gasteiger partial charge is 0.383 e. The number of nitrogens with one attached hydrogen (secondary N) is 3. The van der Waals surface area contributed by atoms with Gasteiger partial charge in [-0.15, -0.1) is 0 Å². The number of rotatable bonds is 5. The van der Waals surface area contributed by atoms with Crippen molar-refractivity contribution in [3.8, 4) is 0 Å². The Bertz CT molecular complexity index is 774. The van der Waals surface area contributed by atoms with E-state index >= 15 is 0 Å². The van der Waals surface area contributed by atoms with Gasteiger partial charge >= 0.3 is 0 Å². The first-order valence-corrected chi connectivity index (χ1v) is 7.00. The topological polar surface area (TPSA) is 169 Å². The molecule has 23 heavy (non-hydrogen) atoms. The third-order valence-corrected chi connectivity index (χ3v) is 3.30. The van der Waals surface area contributed by atoms with Crippen LogP contribution < -0.4 is 22.1 Å². The summed E-state index contributed by atoms with van der Waals surface area (Å²) < 4.78 is 0.469. The number of nitrogens with two attached hydrogens (primary N) is 2. The molecular weight excluding hydrogens is 370 g/mol. The van der Waals surface area contributed by atoms with Crippen molar-refractivity contribution in [1.29, 1.82) is 0 Å². The third kappa shape index (κ3) is 4.03. The number of hydrogen-bond acceptors (Lipinski definition) is 6. The van der Waals surface area contributed by atoms with Crippen LogP contribution in [0.5, 0.6) is 0 Å². The monoisotopic (exact) mass is 381 g/mol. The maximum Gasteiger partial charge on any atom is 0.271 e. The Labute approximate surface area is 138 Å². The molecule has 0 saturated carbocycles. The summed E-state index contributed by atoms with van der Waals surface area (Å²) in [5.74, 6) is -1.59. The van der Waals surface area contributed by atoms with Crippen LogP contribution in [0, 0.1) is 0 Å². The molecule has 0 unspecified atom stereocenters. The lowest BCUT2D eigenvalue weighted by Gasteiger charge is -2.07. The van der Waals surface area contributed by atoms with Crippen molar-refractivity contribution in [2.24, 2.45) is 5.73 Å². The average Bonchev–Trinajstić information content (AvgIpc) is 2.95. The van der Waals surface area contributed by atoms with E-state index in [2.05, 4.69) is 41.7 Å². The van der Waals surface area contributed by atoms with Gasteiger partial charge in [0.05, 0.1) is 28.5 Å². The first kappa shape index (κ1) is 16.4. The van der Waals surface area contributed by atoms with Crippen LogP contribution in [-0.2, 0) is 4.79 Å². The Morgan fingerprint density at radius 1 is 1.26 bits per heavy atom. The van der Waals surface area contributed by atoms with Crippen molar-refractivity contribution in [3.05, 3.63) is 34.2 Å². The summed E-state index contributed by atoms with van der Waals surface area (Å²) >= 11 is 3.17. The molecule has 2 rings (SSSR count). The van der Waals surface area contributed by atoms with Crippen molar-refractivity contribution in [3.63, 3.8) is 0 Å². The summed E-state index contributed by atoms with van der Waals surface area (Å²) in [6.07, 6.45) is 2.55. The number of hydrogen-bond donors (Lipinski definition) is 5. The smallest absolute Gasteiger partial charge is 0.271 e. The maximum atomic E-state index is 12.2. The van der Waals surface area contributed by atoms with E-state index in [-0.39, 0.29) is 29.3 Å². The zero-order chi connectivity index (χ0) is 17.0. The highest BCUT2D eigenvalue weighted by Crippen LogP contribution is 2.19. The number of nitrogens with zero attached hydrogens (tertiary/aromatic N) is 2. The van der Waals surface area contributed by atoms with Gasteiger partial charge < -0.3 is 22.1 Å². The van der Waals surface area contributed by atoms with E-state index in [9.17, 15) is 14.4 Å². The van der Waals surface area contributed by atoms with Gasteiger partial charge in [0.25, 0.3) is 11.8 Å². The zero-order valence-electron chi connectivity index (χ0n) is 11.6. The molecule has 2 aromatic heterocycles. The molecule has 0 atom stereocenters. The maximum absolute atomic E-state index is 12.2. The Morgan fingerprint density at radius 2 is 2.00 bits per heavy atom. The summed E-state index contributed by atoms with van der Waals surface area (Å²) in [5, 5.41) is 10.9. The van der Waals surface area contributed by atoms with E-state index in [4.69, 9.17) is 11.5 Å². The second kappa shape index (κ2) is 6.87. The summed E-state index contributed by atoms with van der Waals surface area (Å²) in [4.78, 5) is 38.5. The molecule has 3 amide bonds. The van der Waals surface area contributed by atoms with Gasteiger partial charge in [0.15, 0.2) is 0 Å². The Balaban J connectivity index is 2.13. The Kier molecular flexibility index (Phi) is 4.91. The fourth-order valence-corrected chi connectivity index (χ4v) is 1.93. The van der Waals surface area contributed by atoms with E-state index in [1.54, 1.807) is 0 Å². The van der Waals surface area contributed by atoms with Gasteiger partial charge in [-0.05, 0) is 22.0 Å². The van der Waals surface area contributed by atoms with Crippen LogP contribution in [0.3, 0.4) is 0 Å². The van der Waals surface area contributed by atoms with Gasteiger partial charge in [-0.1, -0.05) is 0 Å². The summed E-state index contributed by atoms with van der Waals surface area (Å²) in [7, 11) is 0. The van der Waals surface area contributed by atoms with E-state index in [0.29, 0.717) is 4.47 Å². The highest BCUT2D eigenvalue weighted by Gasteiger charge is 2.17. The molecule has 0 spiro atoms. The quantitative estimate of drug-likeness (QED) is 0.472. The minimum absolute atomic E-state index is 0.0120. The van der Waals surface area contributed by atoms with Crippen LogP contribution in [0.15, 0.2) is 22.9 Å². The van der Waals surface area contributed by atoms with E-state index < -0.39 is 17.7 Å². The minimum atomic E-state index is -0.693. The van der Waals surface area contributed by atoms with Gasteiger partial charge in [-0.2, -0.15) is 5.10 Å². The fraction of sp³-hybridized carbons (Fsp3) is 0.0833. The first-order chi connectivity index (χ1) is 10.9. The molecule has 0 aliphatic heterocycles. The second-order valence-electron chi connectivity index (χ2n) is 4.35. The highest BCUT2D eigenvalue weighted by molar-refractivity contribution is 9.10. The minimum Gasteiger partial charge on any atom is -0.383 e. The molecule has 7 N–H and O–H groups in total. The summed E-state index contributed by atoms with van der Waals surface area (Å²) in [6.45, 7) is -0.333. The second-order valence-corrected chi connectivity index (χ2v) is 5.21. The molecule has 0 saturated heterocycles. The first-order valence-electron chi connectivity index (χ1n) is 6.20. The van der Waals surface area contributed by atoms with E-state index in [1.807, 2.05) is 0 Å². The highest BCUT2D eigenvalue weighted by atomic mass is 79.9. The number of halogens is 1. The normalized spacial score (nSPS) is 10.1. The predicted molar refractivity (Wildman–Crippen MR) is 84.4 cm³/mol. The number of nitrogen functional groups attached to an aromatic ring is 1. The molecule has 2 aromatic rings.